The molecule has 6 nitrogen and oxygen atoms in total. The molecule has 0 atom stereocenters. The number of nitrogens with zero attached hydrogens (tertiary/aromatic N) is 3. The molecule has 2 rings (SSSR count). The van der Waals surface area contributed by atoms with Crippen molar-refractivity contribution in [3.8, 4) is 12.1 Å². The minimum absolute atomic E-state index is 0.0468. The van der Waals surface area contributed by atoms with Gasteiger partial charge in [-0.3, -0.25) is 4.79 Å². The molecule has 0 spiro atoms. The number of benzene rings is 1. The minimum atomic E-state index is -0.213. The molecule has 3 N–H and O–H groups in total. The molecule has 1 amide bonds. The van der Waals surface area contributed by atoms with E-state index in [0.29, 0.717) is 16.3 Å². The highest BCUT2D eigenvalue weighted by atomic mass is 32.2. The van der Waals surface area contributed by atoms with Gasteiger partial charge in [0.2, 0.25) is 5.91 Å². The molecule has 0 radical (unpaired) electrons. The van der Waals surface area contributed by atoms with Crippen LogP contribution >= 0.6 is 11.8 Å². The van der Waals surface area contributed by atoms with Crippen molar-refractivity contribution in [3.63, 3.8) is 0 Å². The van der Waals surface area contributed by atoms with E-state index in [1.807, 2.05) is 36.4 Å². The highest BCUT2D eigenvalue weighted by Gasteiger charge is 2.17. The van der Waals surface area contributed by atoms with Crippen LogP contribution < -0.4 is 11.1 Å². The summed E-state index contributed by atoms with van der Waals surface area (Å²) >= 11 is 1.12. The molecule has 0 saturated heterocycles. The van der Waals surface area contributed by atoms with Crippen molar-refractivity contribution in [1.29, 1.82) is 10.5 Å². The number of amides is 1. The number of nitrogens with one attached hydrogen (secondary N) is 1. The second-order valence-electron chi connectivity index (χ2n) is 7.07. The van der Waals surface area contributed by atoms with Crippen molar-refractivity contribution in [2.45, 2.75) is 38.1 Å². The topological polar surface area (TPSA) is 116 Å². The Labute approximate surface area is 163 Å². The lowest BCUT2D eigenvalue weighted by Crippen LogP contribution is -2.15. The van der Waals surface area contributed by atoms with Gasteiger partial charge >= 0.3 is 0 Å². The summed E-state index contributed by atoms with van der Waals surface area (Å²) in [5.41, 5.74) is 8.66. The van der Waals surface area contributed by atoms with Crippen LogP contribution in [0.15, 0.2) is 29.3 Å². The van der Waals surface area contributed by atoms with Gasteiger partial charge in [-0.05, 0) is 35.6 Å². The Hall–Kier alpha value is -3.03. The van der Waals surface area contributed by atoms with Crippen LogP contribution in [-0.2, 0) is 10.2 Å². The molecular formula is C20H21N5OS. The van der Waals surface area contributed by atoms with Crippen molar-refractivity contribution in [1.82, 2.24) is 4.98 Å². The van der Waals surface area contributed by atoms with Gasteiger partial charge in [0.05, 0.1) is 16.9 Å². The van der Waals surface area contributed by atoms with Gasteiger partial charge < -0.3 is 11.1 Å². The van der Waals surface area contributed by atoms with Gasteiger partial charge in [0.25, 0.3) is 0 Å². The Morgan fingerprint density at radius 1 is 1.19 bits per heavy atom. The Morgan fingerprint density at radius 3 is 2.30 bits per heavy atom. The first-order valence-corrected chi connectivity index (χ1v) is 9.29. The van der Waals surface area contributed by atoms with Crippen LogP contribution in [0, 0.1) is 29.6 Å². The summed E-state index contributed by atoms with van der Waals surface area (Å²) in [7, 11) is 0. The molecule has 0 aliphatic carbocycles. The number of hydrogen-bond donors (Lipinski definition) is 2. The third kappa shape index (κ3) is 4.78. The molecule has 27 heavy (non-hydrogen) atoms. The number of hydrogen-bond acceptors (Lipinski definition) is 6. The van der Waals surface area contributed by atoms with Gasteiger partial charge in [0.1, 0.15) is 23.0 Å². The van der Waals surface area contributed by atoms with Gasteiger partial charge in [0.15, 0.2) is 0 Å². The van der Waals surface area contributed by atoms with E-state index in [1.54, 1.807) is 6.92 Å². The lowest BCUT2D eigenvalue weighted by atomic mass is 9.87. The number of carbonyl (C=O) groups is 1. The fourth-order valence-electron chi connectivity index (χ4n) is 2.46. The number of carbonyl (C=O) groups excluding carboxylic acids is 1. The molecule has 2 aromatic rings. The van der Waals surface area contributed by atoms with Crippen LogP contribution in [-0.4, -0.2) is 16.6 Å². The van der Waals surface area contributed by atoms with Gasteiger partial charge in [-0.25, -0.2) is 4.98 Å². The summed E-state index contributed by atoms with van der Waals surface area (Å²) < 4.78 is 0. The highest BCUT2D eigenvalue weighted by molar-refractivity contribution is 8.00. The molecule has 0 bridgehead atoms. The van der Waals surface area contributed by atoms with E-state index in [0.717, 1.165) is 11.8 Å². The van der Waals surface area contributed by atoms with E-state index in [4.69, 9.17) is 11.0 Å². The standard InChI is InChI=1S/C20H21N5OS/c1-12-15(9-21)18(23)25-19(16(12)10-22)27-11-17(26)24-14-7-5-13(6-8-14)20(2,3)4/h5-8H,11H2,1-4H3,(H2,23,25)(H,24,26). The fourth-order valence-corrected chi connectivity index (χ4v) is 3.31. The van der Waals surface area contributed by atoms with Crippen molar-refractivity contribution in [2.24, 2.45) is 0 Å². The third-order valence-corrected chi connectivity index (χ3v) is 5.02. The maximum Gasteiger partial charge on any atom is 0.234 e. The predicted molar refractivity (Wildman–Crippen MR) is 107 cm³/mol. The monoisotopic (exact) mass is 379 g/mol. The van der Waals surface area contributed by atoms with Crippen LogP contribution in [0.1, 0.15) is 43.0 Å². The first-order valence-electron chi connectivity index (χ1n) is 8.30. The molecule has 0 aliphatic heterocycles. The Morgan fingerprint density at radius 2 is 1.78 bits per heavy atom. The number of anilines is 2. The van der Waals surface area contributed by atoms with Gasteiger partial charge in [-0.2, -0.15) is 10.5 Å². The summed E-state index contributed by atoms with van der Waals surface area (Å²) in [6.07, 6.45) is 0. The third-order valence-electron chi connectivity index (χ3n) is 4.04. The molecule has 0 unspecified atom stereocenters. The van der Waals surface area contributed by atoms with Crippen molar-refractivity contribution < 1.29 is 4.79 Å². The molecule has 1 heterocycles. The van der Waals surface area contributed by atoms with Crippen molar-refractivity contribution in [2.75, 3.05) is 16.8 Å². The quantitative estimate of drug-likeness (QED) is 0.782. The zero-order valence-corrected chi connectivity index (χ0v) is 16.6. The van der Waals surface area contributed by atoms with E-state index in [-0.39, 0.29) is 34.0 Å². The van der Waals surface area contributed by atoms with Crippen LogP contribution in [0.2, 0.25) is 0 Å². The number of aromatic nitrogens is 1. The van der Waals surface area contributed by atoms with Crippen LogP contribution in [0.4, 0.5) is 11.5 Å². The Kier molecular flexibility index (Phi) is 6.09. The molecular weight excluding hydrogens is 358 g/mol. The number of nitriles is 2. The second kappa shape index (κ2) is 8.11. The summed E-state index contributed by atoms with van der Waals surface area (Å²) in [4.78, 5) is 16.3. The average molecular weight is 379 g/mol. The zero-order chi connectivity index (χ0) is 20.2. The number of thioether (sulfide) groups is 1. The predicted octanol–water partition coefficient (Wildman–Crippen LogP) is 3.74. The number of nitrogen functional groups attached to an aromatic ring is 1. The smallest absolute Gasteiger partial charge is 0.234 e. The number of pyridine rings is 1. The number of rotatable bonds is 4. The molecule has 0 saturated carbocycles. The SMILES string of the molecule is Cc1c(C#N)c(N)nc(SCC(=O)Nc2ccc(C(C)(C)C)cc2)c1C#N. The van der Waals surface area contributed by atoms with Gasteiger partial charge in [-0.15, -0.1) is 0 Å². The maximum absolute atomic E-state index is 12.2. The maximum atomic E-state index is 12.2. The summed E-state index contributed by atoms with van der Waals surface area (Å²) in [5, 5.41) is 21.6. The molecule has 1 aromatic carbocycles. The largest absolute Gasteiger partial charge is 0.383 e. The van der Waals surface area contributed by atoms with E-state index in [2.05, 4.69) is 31.1 Å². The van der Waals surface area contributed by atoms with Crippen molar-refractivity contribution in [3.05, 3.63) is 46.5 Å². The second-order valence-corrected chi connectivity index (χ2v) is 8.03. The van der Waals surface area contributed by atoms with E-state index in [1.165, 1.54) is 5.56 Å². The fraction of sp³-hybridized carbons (Fsp3) is 0.300. The first kappa shape index (κ1) is 20.3. The minimum Gasteiger partial charge on any atom is -0.383 e. The van der Waals surface area contributed by atoms with E-state index < -0.39 is 0 Å². The average Bonchev–Trinajstić information content (AvgIpc) is 2.60. The van der Waals surface area contributed by atoms with Crippen molar-refractivity contribution >= 4 is 29.2 Å². The number of nitrogens with two attached hydrogens (primary N) is 1. The summed E-state index contributed by atoms with van der Waals surface area (Å²) in [6.45, 7) is 8.03. The molecule has 138 valence electrons. The molecule has 0 fully saturated rings. The molecule has 1 aromatic heterocycles. The lowest BCUT2D eigenvalue weighted by molar-refractivity contribution is -0.113. The van der Waals surface area contributed by atoms with E-state index >= 15 is 0 Å². The Bertz CT molecular complexity index is 947. The summed E-state index contributed by atoms with van der Waals surface area (Å²) in [5.74, 6) is -0.0718. The van der Waals surface area contributed by atoms with Crippen LogP contribution in [0.25, 0.3) is 0 Å². The van der Waals surface area contributed by atoms with Gasteiger partial charge in [-0.1, -0.05) is 44.7 Å². The highest BCUT2D eigenvalue weighted by Crippen LogP contribution is 2.28. The normalized spacial score (nSPS) is 10.7. The van der Waals surface area contributed by atoms with Gasteiger partial charge in [0, 0.05) is 5.69 Å². The van der Waals surface area contributed by atoms with Crippen LogP contribution in [0.3, 0.4) is 0 Å². The first-order chi connectivity index (χ1) is 12.7. The summed E-state index contributed by atoms with van der Waals surface area (Å²) in [6, 6.07) is 11.7. The zero-order valence-electron chi connectivity index (χ0n) is 15.8. The molecule has 7 heteroatoms. The Balaban J connectivity index is 2.08. The molecule has 0 aliphatic rings. The van der Waals surface area contributed by atoms with Crippen LogP contribution in [0.5, 0.6) is 0 Å². The van der Waals surface area contributed by atoms with E-state index in [9.17, 15) is 10.1 Å². The lowest BCUT2D eigenvalue weighted by Gasteiger charge is -2.19.